The van der Waals surface area contributed by atoms with Gasteiger partial charge in [0.15, 0.2) is 9.84 Å². The zero-order valence-electron chi connectivity index (χ0n) is 14.4. The summed E-state index contributed by atoms with van der Waals surface area (Å²) in [5.41, 5.74) is 0. The summed E-state index contributed by atoms with van der Waals surface area (Å²) in [6.07, 6.45) is 0.726. The summed E-state index contributed by atoms with van der Waals surface area (Å²) in [7, 11) is -1.22. The smallest absolute Gasteiger partial charge is 0.233 e. The van der Waals surface area contributed by atoms with Gasteiger partial charge in [0.1, 0.15) is 5.75 Å². The Hall–Kier alpha value is -1.25. The molecule has 6 nitrogen and oxygen atoms in total. The Bertz CT molecular complexity index is 698. The molecule has 1 aromatic rings. The molecule has 0 aliphatic carbocycles. The molecule has 2 heterocycles. The summed E-state index contributed by atoms with van der Waals surface area (Å²) in [6, 6.07) is 7.82. The van der Waals surface area contributed by atoms with Crippen LogP contribution in [0.4, 0.5) is 0 Å². The van der Waals surface area contributed by atoms with E-state index >= 15 is 0 Å². The van der Waals surface area contributed by atoms with Gasteiger partial charge in [0, 0.05) is 37.1 Å². The maximum Gasteiger partial charge on any atom is 0.233 e. The molecule has 0 aromatic heterocycles. The molecule has 0 radical (unpaired) electrons. The van der Waals surface area contributed by atoms with Crippen molar-refractivity contribution in [3.8, 4) is 5.75 Å². The second kappa shape index (κ2) is 7.97. The topological polar surface area (TPSA) is 66.9 Å². The van der Waals surface area contributed by atoms with Gasteiger partial charge >= 0.3 is 0 Å². The maximum atomic E-state index is 12.4. The first-order chi connectivity index (χ1) is 12.0. The van der Waals surface area contributed by atoms with Gasteiger partial charge in [-0.2, -0.15) is 0 Å². The monoisotopic (exact) mass is 384 g/mol. The molecule has 1 amide bonds. The normalized spacial score (nSPS) is 23.6. The molecular weight excluding hydrogens is 360 g/mol. The molecule has 2 aliphatic heterocycles. The van der Waals surface area contributed by atoms with E-state index in [1.165, 1.54) is 11.8 Å². The molecule has 0 N–H and O–H groups in total. The fourth-order valence-corrected chi connectivity index (χ4v) is 5.87. The lowest BCUT2D eigenvalue weighted by atomic mass is 10.2. The second-order valence-electron chi connectivity index (χ2n) is 6.44. The number of piperazine rings is 1. The number of hydrogen-bond acceptors (Lipinski definition) is 6. The van der Waals surface area contributed by atoms with Crippen LogP contribution in [0, 0.1) is 0 Å². The lowest BCUT2D eigenvalue weighted by Gasteiger charge is -2.37. The van der Waals surface area contributed by atoms with E-state index < -0.39 is 9.84 Å². The van der Waals surface area contributed by atoms with Crippen molar-refractivity contribution in [2.24, 2.45) is 0 Å². The molecule has 138 valence electrons. The van der Waals surface area contributed by atoms with E-state index in [0.29, 0.717) is 24.6 Å². The number of carbonyl (C=O) groups excluding carboxylic acids is 1. The number of amides is 1. The van der Waals surface area contributed by atoms with E-state index in [0.717, 1.165) is 30.2 Å². The fourth-order valence-electron chi connectivity index (χ4n) is 3.31. The highest BCUT2D eigenvalue weighted by Crippen LogP contribution is 2.23. The fraction of sp³-hybridized carbons (Fsp3) is 0.588. The van der Waals surface area contributed by atoms with Crippen LogP contribution in [0.5, 0.6) is 5.75 Å². The Kier molecular flexibility index (Phi) is 5.91. The average molecular weight is 385 g/mol. The summed E-state index contributed by atoms with van der Waals surface area (Å²) in [6.45, 7) is 2.88. The van der Waals surface area contributed by atoms with Crippen molar-refractivity contribution >= 4 is 27.5 Å². The first-order valence-corrected chi connectivity index (χ1v) is 11.3. The molecule has 1 aromatic carbocycles. The lowest BCUT2D eigenvalue weighted by molar-refractivity contribution is -0.130. The minimum absolute atomic E-state index is 0.135. The van der Waals surface area contributed by atoms with Gasteiger partial charge in [-0.25, -0.2) is 8.42 Å². The molecule has 0 spiro atoms. The predicted molar refractivity (Wildman–Crippen MR) is 98.9 cm³/mol. The van der Waals surface area contributed by atoms with Crippen molar-refractivity contribution in [2.75, 3.05) is 50.5 Å². The first-order valence-electron chi connectivity index (χ1n) is 8.46. The third-order valence-electron chi connectivity index (χ3n) is 4.81. The summed E-state index contributed by atoms with van der Waals surface area (Å²) < 4.78 is 28.4. The van der Waals surface area contributed by atoms with E-state index in [4.69, 9.17) is 4.74 Å². The van der Waals surface area contributed by atoms with Crippen molar-refractivity contribution < 1.29 is 17.9 Å². The van der Waals surface area contributed by atoms with E-state index in [-0.39, 0.29) is 17.7 Å². The van der Waals surface area contributed by atoms with Crippen LogP contribution in [0.1, 0.15) is 6.42 Å². The molecule has 1 unspecified atom stereocenters. The number of methoxy groups -OCH3 is 1. The van der Waals surface area contributed by atoms with Crippen molar-refractivity contribution in [2.45, 2.75) is 17.4 Å². The number of nitrogens with zero attached hydrogens (tertiary/aromatic N) is 2. The minimum Gasteiger partial charge on any atom is -0.497 e. The number of carbonyl (C=O) groups is 1. The van der Waals surface area contributed by atoms with Gasteiger partial charge in [-0.1, -0.05) is 0 Å². The van der Waals surface area contributed by atoms with Crippen LogP contribution in [0.15, 0.2) is 29.2 Å². The SMILES string of the molecule is COc1ccc(SCC(=O)N2CCN(C3CCS(=O)(=O)C3)CC2)cc1. The average Bonchev–Trinajstić information content (AvgIpc) is 3.00. The molecular formula is C17H24N2O4S2. The van der Waals surface area contributed by atoms with Gasteiger partial charge in [0.2, 0.25) is 5.91 Å². The number of benzene rings is 1. The van der Waals surface area contributed by atoms with Crippen LogP contribution in [-0.4, -0.2) is 80.7 Å². The van der Waals surface area contributed by atoms with Gasteiger partial charge in [-0.3, -0.25) is 9.69 Å². The number of ether oxygens (including phenoxy) is 1. The Morgan fingerprint density at radius 1 is 1.20 bits per heavy atom. The lowest BCUT2D eigenvalue weighted by Crippen LogP contribution is -2.52. The van der Waals surface area contributed by atoms with Crippen LogP contribution in [0.25, 0.3) is 0 Å². The second-order valence-corrected chi connectivity index (χ2v) is 9.72. The Balaban J connectivity index is 1.43. The minimum atomic E-state index is -2.85. The maximum absolute atomic E-state index is 12.4. The van der Waals surface area contributed by atoms with Crippen molar-refractivity contribution in [1.82, 2.24) is 9.80 Å². The van der Waals surface area contributed by atoms with Gasteiger partial charge in [0.05, 0.1) is 24.4 Å². The highest BCUT2D eigenvalue weighted by atomic mass is 32.2. The summed E-state index contributed by atoms with van der Waals surface area (Å²) in [4.78, 5) is 17.5. The number of hydrogen-bond donors (Lipinski definition) is 0. The molecule has 3 rings (SSSR count). The summed E-state index contributed by atoms with van der Waals surface area (Å²) >= 11 is 1.53. The third-order valence-corrected chi connectivity index (χ3v) is 7.56. The first kappa shape index (κ1) is 18.5. The molecule has 8 heteroatoms. The predicted octanol–water partition coefficient (Wildman–Crippen LogP) is 1.12. The van der Waals surface area contributed by atoms with Crippen molar-refractivity contribution in [3.63, 3.8) is 0 Å². The quantitative estimate of drug-likeness (QED) is 0.709. The number of thioether (sulfide) groups is 1. The van der Waals surface area contributed by atoms with Crippen molar-refractivity contribution in [3.05, 3.63) is 24.3 Å². The van der Waals surface area contributed by atoms with E-state index in [1.807, 2.05) is 29.2 Å². The van der Waals surface area contributed by atoms with E-state index in [1.54, 1.807) is 7.11 Å². The Morgan fingerprint density at radius 2 is 1.88 bits per heavy atom. The largest absolute Gasteiger partial charge is 0.497 e. The van der Waals surface area contributed by atoms with Gasteiger partial charge in [-0.15, -0.1) is 11.8 Å². The summed E-state index contributed by atoms with van der Waals surface area (Å²) in [5, 5.41) is 0. The third kappa shape index (κ3) is 4.89. The highest BCUT2D eigenvalue weighted by Gasteiger charge is 2.34. The Labute approximate surface area is 153 Å². The van der Waals surface area contributed by atoms with Gasteiger partial charge in [0.25, 0.3) is 0 Å². The van der Waals surface area contributed by atoms with Crippen LogP contribution < -0.4 is 4.74 Å². The molecule has 25 heavy (non-hydrogen) atoms. The van der Waals surface area contributed by atoms with Crippen LogP contribution in [-0.2, 0) is 14.6 Å². The van der Waals surface area contributed by atoms with E-state index in [2.05, 4.69) is 4.90 Å². The molecule has 1 atom stereocenters. The van der Waals surface area contributed by atoms with Crippen LogP contribution >= 0.6 is 11.8 Å². The standard InChI is InChI=1S/C17H24N2O4S2/c1-23-15-2-4-16(5-3-15)24-12-17(20)19-9-7-18(8-10-19)14-6-11-25(21,22)13-14/h2-5,14H,6-13H2,1H3. The van der Waals surface area contributed by atoms with Crippen molar-refractivity contribution in [1.29, 1.82) is 0 Å². The van der Waals surface area contributed by atoms with Crippen LogP contribution in [0.2, 0.25) is 0 Å². The summed E-state index contributed by atoms with van der Waals surface area (Å²) in [5.74, 6) is 1.94. The molecule has 2 fully saturated rings. The molecule has 2 saturated heterocycles. The number of rotatable bonds is 5. The number of sulfone groups is 1. The zero-order chi connectivity index (χ0) is 17.9. The molecule has 0 bridgehead atoms. The zero-order valence-corrected chi connectivity index (χ0v) is 16.0. The van der Waals surface area contributed by atoms with Crippen LogP contribution in [0.3, 0.4) is 0 Å². The van der Waals surface area contributed by atoms with E-state index in [9.17, 15) is 13.2 Å². The van der Waals surface area contributed by atoms with Gasteiger partial charge in [-0.05, 0) is 30.7 Å². The highest BCUT2D eigenvalue weighted by molar-refractivity contribution is 8.00. The van der Waals surface area contributed by atoms with Gasteiger partial charge < -0.3 is 9.64 Å². The Morgan fingerprint density at radius 3 is 2.44 bits per heavy atom. The molecule has 0 saturated carbocycles. The molecule has 2 aliphatic rings.